The molecular weight excluding hydrogens is 279 g/mol. The van der Waals surface area contributed by atoms with E-state index in [9.17, 15) is 4.39 Å². The number of nitrogens with zero attached hydrogens (tertiary/aromatic N) is 3. The van der Waals surface area contributed by atoms with Gasteiger partial charge in [0.1, 0.15) is 16.5 Å². The summed E-state index contributed by atoms with van der Waals surface area (Å²) in [7, 11) is 0. The molecule has 7 heteroatoms. The van der Waals surface area contributed by atoms with Gasteiger partial charge in [0.25, 0.3) is 5.89 Å². The van der Waals surface area contributed by atoms with Gasteiger partial charge in [-0.15, -0.1) is 11.3 Å². The Balaban J connectivity index is 1.80. The molecule has 0 unspecified atom stereocenters. The van der Waals surface area contributed by atoms with Crippen molar-refractivity contribution in [2.45, 2.75) is 13.0 Å². The van der Waals surface area contributed by atoms with Crippen LogP contribution < -0.4 is 5.73 Å². The fourth-order valence-corrected chi connectivity index (χ4v) is 2.41. The molecule has 2 N–H and O–H groups in total. The number of nitrogens with two attached hydrogens (primary N) is 1. The molecule has 0 aliphatic rings. The van der Waals surface area contributed by atoms with E-state index in [1.54, 1.807) is 6.07 Å². The molecule has 0 radical (unpaired) electrons. The highest BCUT2D eigenvalue weighted by atomic mass is 32.1. The zero-order valence-electron chi connectivity index (χ0n) is 10.4. The van der Waals surface area contributed by atoms with Gasteiger partial charge in [-0.25, -0.2) is 9.37 Å². The Morgan fingerprint density at radius 1 is 1.30 bits per heavy atom. The van der Waals surface area contributed by atoms with Crippen LogP contribution in [0, 0.1) is 5.82 Å². The average Bonchev–Trinajstić information content (AvgIpc) is 3.07. The molecule has 5 nitrogen and oxygen atoms in total. The lowest BCUT2D eigenvalue weighted by Crippen LogP contribution is -1.94. The summed E-state index contributed by atoms with van der Waals surface area (Å²) >= 11 is 1.45. The molecule has 0 amide bonds. The molecule has 3 aromatic rings. The first-order chi connectivity index (χ1) is 9.74. The summed E-state index contributed by atoms with van der Waals surface area (Å²) in [4.78, 5) is 8.53. The van der Waals surface area contributed by atoms with Crippen molar-refractivity contribution in [1.29, 1.82) is 0 Å². The van der Waals surface area contributed by atoms with E-state index in [-0.39, 0.29) is 5.82 Å². The normalized spacial score (nSPS) is 10.9. The average molecular weight is 290 g/mol. The van der Waals surface area contributed by atoms with Crippen molar-refractivity contribution in [3.8, 4) is 11.6 Å². The van der Waals surface area contributed by atoms with Gasteiger partial charge in [-0.2, -0.15) is 4.98 Å². The van der Waals surface area contributed by atoms with Crippen molar-refractivity contribution in [2.75, 3.05) is 0 Å². The maximum atomic E-state index is 13.1. The number of rotatable bonds is 4. The van der Waals surface area contributed by atoms with Gasteiger partial charge < -0.3 is 10.3 Å². The Bertz CT molecular complexity index is 724. The maximum absolute atomic E-state index is 13.1. The topological polar surface area (TPSA) is 77.8 Å². The van der Waals surface area contributed by atoms with Crippen LogP contribution in [0.25, 0.3) is 11.6 Å². The largest absolute Gasteiger partial charge is 0.332 e. The molecule has 102 valence electrons. The highest BCUT2D eigenvalue weighted by molar-refractivity contribution is 7.09. The van der Waals surface area contributed by atoms with Crippen molar-refractivity contribution in [2.24, 2.45) is 5.73 Å². The Morgan fingerprint density at radius 3 is 2.95 bits per heavy atom. The van der Waals surface area contributed by atoms with Gasteiger partial charge in [0.05, 0.1) is 0 Å². The molecule has 0 bridgehead atoms. The molecule has 0 atom stereocenters. The van der Waals surface area contributed by atoms with Gasteiger partial charge in [0, 0.05) is 18.3 Å². The molecule has 0 saturated heterocycles. The van der Waals surface area contributed by atoms with Crippen molar-refractivity contribution in [3.63, 3.8) is 0 Å². The van der Waals surface area contributed by atoms with Crippen LogP contribution in [0.4, 0.5) is 4.39 Å². The van der Waals surface area contributed by atoms with Crippen LogP contribution in [0.5, 0.6) is 0 Å². The SMILES string of the molecule is NCc1nc(-c2nc(Cc3cccc(F)c3)no2)cs1. The van der Waals surface area contributed by atoms with E-state index in [4.69, 9.17) is 10.3 Å². The van der Waals surface area contributed by atoms with Crippen LogP contribution in [0.2, 0.25) is 0 Å². The predicted octanol–water partition coefficient (Wildman–Crippen LogP) is 2.38. The third kappa shape index (κ3) is 2.73. The quantitative estimate of drug-likeness (QED) is 0.798. The van der Waals surface area contributed by atoms with E-state index < -0.39 is 0 Å². The van der Waals surface area contributed by atoms with Crippen LogP contribution in [-0.4, -0.2) is 15.1 Å². The van der Waals surface area contributed by atoms with Crippen LogP contribution in [-0.2, 0) is 13.0 Å². The first kappa shape index (κ1) is 12.9. The standard InChI is InChI=1S/C13H11FN4OS/c14-9-3-1-2-8(4-9)5-11-17-13(19-18-11)10-7-20-12(6-15)16-10/h1-4,7H,5-6,15H2. The molecule has 0 aliphatic heterocycles. The Morgan fingerprint density at radius 2 is 2.20 bits per heavy atom. The van der Waals surface area contributed by atoms with E-state index in [0.717, 1.165) is 10.6 Å². The number of hydrogen-bond donors (Lipinski definition) is 1. The van der Waals surface area contributed by atoms with Crippen molar-refractivity contribution in [3.05, 3.63) is 51.9 Å². The molecule has 0 fully saturated rings. The van der Waals surface area contributed by atoms with Crippen molar-refractivity contribution in [1.82, 2.24) is 15.1 Å². The third-order valence-electron chi connectivity index (χ3n) is 2.66. The lowest BCUT2D eigenvalue weighted by Gasteiger charge is -1.95. The second-order valence-electron chi connectivity index (χ2n) is 4.15. The van der Waals surface area contributed by atoms with Crippen LogP contribution in [0.3, 0.4) is 0 Å². The monoisotopic (exact) mass is 290 g/mol. The van der Waals surface area contributed by atoms with Gasteiger partial charge in [0.15, 0.2) is 5.82 Å². The van der Waals surface area contributed by atoms with Gasteiger partial charge in [-0.1, -0.05) is 17.3 Å². The van der Waals surface area contributed by atoms with Crippen LogP contribution >= 0.6 is 11.3 Å². The summed E-state index contributed by atoms with van der Waals surface area (Å²) in [6, 6.07) is 6.31. The molecule has 20 heavy (non-hydrogen) atoms. The minimum atomic E-state index is -0.279. The van der Waals surface area contributed by atoms with Crippen LogP contribution in [0.15, 0.2) is 34.2 Å². The molecule has 0 spiro atoms. The molecule has 2 heterocycles. The summed E-state index contributed by atoms with van der Waals surface area (Å²) in [6.07, 6.45) is 0.412. The van der Waals surface area contributed by atoms with Gasteiger partial charge >= 0.3 is 0 Å². The van der Waals surface area contributed by atoms with Gasteiger partial charge in [-0.3, -0.25) is 0 Å². The van der Waals surface area contributed by atoms with Gasteiger partial charge in [-0.05, 0) is 17.7 Å². The zero-order chi connectivity index (χ0) is 13.9. The first-order valence-electron chi connectivity index (χ1n) is 5.96. The lowest BCUT2D eigenvalue weighted by molar-refractivity contribution is 0.423. The van der Waals surface area contributed by atoms with E-state index in [2.05, 4.69) is 15.1 Å². The molecule has 0 aliphatic carbocycles. The van der Waals surface area contributed by atoms with E-state index in [0.29, 0.717) is 30.4 Å². The second-order valence-corrected chi connectivity index (χ2v) is 5.10. The highest BCUT2D eigenvalue weighted by Crippen LogP contribution is 2.20. The van der Waals surface area contributed by atoms with Crippen molar-refractivity contribution < 1.29 is 8.91 Å². The summed E-state index contributed by atoms with van der Waals surface area (Å²) in [5, 5.41) is 6.51. The summed E-state index contributed by atoms with van der Waals surface area (Å²) in [6.45, 7) is 0.384. The first-order valence-corrected chi connectivity index (χ1v) is 6.84. The molecular formula is C13H11FN4OS. The number of benzene rings is 1. The number of halogens is 1. The fourth-order valence-electron chi connectivity index (χ4n) is 1.76. The smallest absolute Gasteiger partial charge is 0.277 e. The maximum Gasteiger partial charge on any atom is 0.277 e. The summed E-state index contributed by atoms with van der Waals surface area (Å²) in [5.74, 6) is 0.568. The molecule has 2 aromatic heterocycles. The molecule has 1 aromatic carbocycles. The van der Waals surface area contributed by atoms with Crippen molar-refractivity contribution >= 4 is 11.3 Å². The Labute approximate surface area is 118 Å². The summed E-state index contributed by atoms with van der Waals surface area (Å²) in [5.41, 5.74) is 6.92. The van der Waals surface area contributed by atoms with E-state index >= 15 is 0 Å². The second kappa shape index (κ2) is 5.48. The third-order valence-corrected chi connectivity index (χ3v) is 3.54. The predicted molar refractivity (Wildman–Crippen MR) is 72.5 cm³/mol. The minimum absolute atomic E-state index is 0.279. The highest BCUT2D eigenvalue weighted by Gasteiger charge is 2.12. The van der Waals surface area contributed by atoms with Gasteiger partial charge in [0.2, 0.25) is 0 Å². The minimum Gasteiger partial charge on any atom is -0.332 e. The van der Waals surface area contributed by atoms with Crippen LogP contribution in [0.1, 0.15) is 16.4 Å². The fraction of sp³-hybridized carbons (Fsp3) is 0.154. The Hall–Kier alpha value is -2.12. The zero-order valence-corrected chi connectivity index (χ0v) is 11.2. The number of hydrogen-bond acceptors (Lipinski definition) is 6. The van der Waals surface area contributed by atoms with E-state index in [1.807, 2.05) is 11.4 Å². The molecule has 3 rings (SSSR count). The lowest BCUT2D eigenvalue weighted by atomic mass is 10.1. The number of thiazole rings is 1. The number of aromatic nitrogens is 3. The summed E-state index contributed by atoms with van der Waals surface area (Å²) < 4.78 is 18.3. The molecule has 0 saturated carbocycles. The van der Waals surface area contributed by atoms with E-state index in [1.165, 1.54) is 23.5 Å². The Kier molecular flexibility index (Phi) is 3.53.